The van der Waals surface area contributed by atoms with Crippen molar-refractivity contribution in [1.82, 2.24) is 0 Å². The molecule has 1 N–H and O–H groups in total. The van der Waals surface area contributed by atoms with Crippen LogP contribution in [-0.2, 0) is 11.2 Å². The Morgan fingerprint density at radius 2 is 1.58 bits per heavy atom. The number of anilines is 1. The molecule has 0 radical (unpaired) electrons. The fraction of sp³-hybridized carbons (Fsp3) is 0.355. The van der Waals surface area contributed by atoms with Gasteiger partial charge < -0.3 is 24.7 Å². The van der Waals surface area contributed by atoms with E-state index >= 15 is 0 Å². The number of hydrogen-bond donors (Lipinski definition) is 1. The Labute approximate surface area is 248 Å². The van der Waals surface area contributed by atoms with Crippen LogP contribution in [0.1, 0.15) is 72.3 Å². The van der Waals surface area contributed by atoms with Gasteiger partial charge in [-0.15, -0.1) is 0 Å². The van der Waals surface area contributed by atoms with Gasteiger partial charge in [0.15, 0.2) is 0 Å². The molecule has 0 unspecified atom stereocenters. The predicted molar refractivity (Wildman–Crippen MR) is 144 cm³/mol. The summed E-state index contributed by atoms with van der Waals surface area (Å²) in [6.45, 7) is 10.5. The van der Waals surface area contributed by atoms with Gasteiger partial charge in [0.2, 0.25) is 0 Å². The molecule has 0 saturated heterocycles. The largest absolute Gasteiger partial charge is 1.00 e. The molecule has 7 heteroatoms. The van der Waals surface area contributed by atoms with Gasteiger partial charge in [-0.05, 0) is 92.5 Å². The minimum Gasteiger partial charge on any atom is -0.550 e. The van der Waals surface area contributed by atoms with Crippen LogP contribution < -0.4 is 49.5 Å². The molecular formula is C31H36NNaO5. The van der Waals surface area contributed by atoms with Gasteiger partial charge in [-0.2, -0.15) is 0 Å². The molecule has 0 aliphatic rings. The van der Waals surface area contributed by atoms with Crippen molar-refractivity contribution in [3.8, 4) is 11.5 Å². The molecule has 0 bridgehead atoms. The molecule has 196 valence electrons. The number of rotatable bonds is 12. The van der Waals surface area contributed by atoms with E-state index in [1.807, 2.05) is 26.8 Å². The number of carbonyl (C=O) groups excluding carboxylic acids is 2. The van der Waals surface area contributed by atoms with Crippen LogP contribution in [0.2, 0.25) is 0 Å². The van der Waals surface area contributed by atoms with Gasteiger partial charge in [0.1, 0.15) is 17.6 Å². The molecule has 0 saturated carbocycles. The molecule has 1 amide bonds. The molecule has 1 atom stereocenters. The minimum atomic E-state index is -1.11. The van der Waals surface area contributed by atoms with E-state index < -0.39 is 5.97 Å². The molecule has 6 nitrogen and oxygen atoms in total. The summed E-state index contributed by atoms with van der Waals surface area (Å²) in [5.74, 6) is 0.466. The first kappa shape index (κ1) is 31.4. The summed E-state index contributed by atoms with van der Waals surface area (Å²) in [7, 11) is 0. The molecule has 3 aromatic carbocycles. The summed E-state index contributed by atoms with van der Waals surface area (Å²) in [5.41, 5.74) is 5.22. The molecule has 0 aliphatic heterocycles. The molecule has 0 aliphatic carbocycles. The second-order valence-electron chi connectivity index (χ2n) is 9.74. The zero-order chi connectivity index (χ0) is 26.9. The zero-order valence-corrected chi connectivity index (χ0v) is 25.3. The predicted octanol–water partition coefficient (Wildman–Crippen LogP) is 2.81. The van der Waals surface area contributed by atoms with Crippen molar-refractivity contribution in [3.05, 3.63) is 88.5 Å². The van der Waals surface area contributed by atoms with Gasteiger partial charge in [-0.1, -0.05) is 50.2 Å². The maximum absolute atomic E-state index is 13.1. The van der Waals surface area contributed by atoms with E-state index in [0.29, 0.717) is 29.3 Å². The van der Waals surface area contributed by atoms with Crippen LogP contribution in [-0.4, -0.2) is 18.5 Å². The number of para-hydroxylation sites is 2. The third-order valence-electron chi connectivity index (χ3n) is 6.30. The Balaban J connectivity index is 0.00000507. The van der Waals surface area contributed by atoms with E-state index in [0.717, 1.165) is 28.9 Å². The zero-order valence-electron chi connectivity index (χ0n) is 23.3. The van der Waals surface area contributed by atoms with E-state index in [1.165, 1.54) is 5.56 Å². The monoisotopic (exact) mass is 525 g/mol. The molecule has 38 heavy (non-hydrogen) atoms. The molecule has 0 spiro atoms. The first-order valence-electron chi connectivity index (χ1n) is 12.7. The molecule has 0 fully saturated rings. The average molecular weight is 526 g/mol. The minimum absolute atomic E-state index is 0. The van der Waals surface area contributed by atoms with Gasteiger partial charge >= 0.3 is 29.6 Å². The van der Waals surface area contributed by atoms with Gasteiger partial charge in [0, 0.05) is 11.5 Å². The molecule has 0 aromatic heterocycles. The first-order chi connectivity index (χ1) is 17.7. The van der Waals surface area contributed by atoms with Gasteiger partial charge in [0.25, 0.3) is 5.91 Å². The van der Waals surface area contributed by atoms with Crippen LogP contribution in [0.5, 0.6) is 11.5 Å². The number of ether oxygens (including phenoxy) is 2. The van der Waals surface area contributed by atoms with Crippen LogP contribution in [0.3, 0.4) is 0 Å². The van der Waals surface area contributed by atoms with E-state index in [1.54, 1.807) is 30.3 Å². The van der Waals surface area contributed by atoms with Crippen LogP contribution in [0.15, 0.2) is 60.7 Å². The van der Waals surface area contributed by atoms with E-state index in [9.17, 15) is 14.7 Å². The van der Waals surface area contributed by atoms with E-state index in [-0.39, 0.29) is 54.6 Å². The number of hydrogen-bond acceptors (Lipinski definition) is 5. The number of aliphatic carboxylic acids is 1. The summed E-state index contributed by atoms with van der Waals surface area (Å²) in [4.78, 5) is 23.7. The smallest absolute Gasteiger partial charge is 0.550 e. The van der Waals surface area contributed by atoms with Crippen molar-refractivity contribution in [2.75, 3.05) is 11.9 Å². The van der Waals surface area contributed by atoms with Crippen molar-refractivity contribution < 1.29 is 53.7 Å². The second kappa shape index (κ2) is 15.0. The molecule has 3 rings (SSSR count). The van der Waals surface area contributed by atoms with Crippen LogP contribution in [0, 0.1) is 19.8 Å². The second-order valence-corrected chi connectivity index (χ2v) is 9.74. The Kier molecular flexibility index (Phi) is 12.4. The SMILES string of the molecule is Cc1c(O[C@@H](C)c2ccc(CC(C)C)cc2)ccc(C(=O)Nc2ccccc2OCCCC(=O)[O-])c1C.[Na+]. The molecule has 0 heterocycles. The summed E-state index contributed by atoms with van der Waals surface area (Å²) < 4.78 is 12.0. The van der Waals surface area contributed by atoms with Crippen LogP contribution >= 0.6 is 0 Å². The van der Waals surface area contributed by atoms with Crippen molar-refractivity contribution in [3.63, 3.8) is 0 Å². The summed E-state index contributed by atoms with van der Waals surface area (Å²) >= 11 is 0. The van der Waals surface area contributed by atoms with E-state index in [2.05, 4.69) is 43.4 Å². The summed E-state index contributed by atoms with van der Waals surface area (Å²) in [5, 5.41) is 13.5. The summed E-state index contributed by atoms with van der Waals surface area (Å²) in [6.07, 6.45) is 1.16. The maximum Gasteiger partial charge on any atom is 1.00 e. The molecule has 3 aromatic rings. The van der Waals surface area contributed by atoms with Crippen LogP contribution in [0.4, 0.5) is 5.69 Å². The normalized spacial score (nSPS) is 11.4. The fourth-order valence-electron chi connectivity index (χ4n) is 4.11. The number of carboxylic acid groups (broad SMARTS) is 1. The number of amides is 1. The van der Waals surface area contributed by atoms with Crippen molar-refractivity contribution >= 4 is 17.6 Å². The Morgan fingerprint density at radius 3 is 2.24 bits per heavy atom. The summed E-state index contributed by atoms with van der Waals surface area (Å²) in [6, 6.07) is 19.2. The van der Waals surface area contributed by atoms with Gasteiger partial charge in [0.05, 0.1) is 12.3 Å². The van der Waals surface area contributed by atoms with Crippen LogP contribution in [0.25, 0.3) is 0 Å². The quantitative estimate of drug-likeness (QED) is 0.290. The Morgan fingerprint density at radius 1 is 0.895 bits per heavy atom. The standard InChI is InChI=1S/C31H37NO5.Na/c1-20(2)19-24-12-14-25(15-13-24)23(5)37-28-17-16-26(21(3)22(28)4)31(35)32-27-9-6-7-10-29(27)36-18-8-11-30(33)34;/h6-7,9-10,12-17,20,23H,8,11,18-19H2,1-5H3,(H,32,35)(H,33,34);/q;+1/p-1/t23-;/m0./s1. The number of nitrogens with one attached hydrogen (secondary N) is 1. The number of carbonyl (C=O) groups is 2. The van der Waals surface area contributed by atoms with Crippen molar-refractivity contribution in [1.29, 1.82) is 0 Å². The third kappa shape index (κ3) is 8.90. The van der Waals surface area contributed by atoms with Crippen molar-refractivity contribution in [2.24, 2.45) is 5.92 Å². The average Bonchev–Trinajstić information content (AvgIpc) is 2.85. The first-order valence-corrected chi connectivity index (χ1v) is 12.7. The number of benzene rings is 3. The van der Waals surface area contributed by atoms with Gasteiger partial charge in [-0.3, -0.25) is 4.79 Å². The Bertz CT molecular complexity index is 1220. The Hall–Kier alpha value is -2.80. The van der Waals surface area contributed by atoms with Gasteiger partial charge in [-0.25, -0.2) is 0 Å². The maximum atomic E-state index is 13.1. The van der Waals surface area contributed by atoms with Crippen molar-refractivity contribution in [2.45, 2.75) is 60.0 Å². The molecular weight excluding hydrogens is 489 g/mol. The third-order valence-corrected chi connectivity index (χ3v) is 6.30. The fourth-order valence-corrected chi connectivity index (χ4v) is 4.11. The van der Waals surface area contributed by atoms with E-state index in [4.69, 9.17) is 9.47 Å². The number of carboxylic acids is 1. The topological polar surface area (TPSA) is 87.7 Å².